The summed E-state index contributed by atoms with van der Waals surface area (Å²) in [5.74, 6) is 1.86. The summed E-state index contributed by atoms with van der Waals surface area (Å²) in [5.41, 5.74) is 0. The van der Waals surface area contributed by atoms with Gasteiger partial charge in [-0.2, -0.15) is 0 Å². The predicted octanol–water partition coefficient (Wildman–Crippen LogP) is 3.44. The highest BCUT2D eigenvalue weighted by molar-refractivity contribution is 6.12. The molecule has 0 aliphatic heterocycles. The van der Waals surface area contributed by atoms with E-state index in [2.05, 4.69) is 0 Å². The largest absolute Gasteiger partial charge is 0.507 e. The van der Waals surface area contributed by atoms with Crippen LogP contribution >= 0.6 is 0 Å². The van der Waals surface area contributed by atoms with Crippen LogP contribution in [0.3, 0.4) is 0 Å². The lowest BCUT2D eigenvalue weighted by molar-refractivity contribution is 0.355. The van der Waals surface area contributed by atoms with Crippen molar-refractivity contribution in [1.29, 1.82) is 0 Å². The van der Waals surface area contributed by atoms with Crippen molar-refractivity contribution in [2.24, 2.45) is 0 Å². The Kier molecular flexibility index (Phi) is 3.89. The average molecular weight is 330 g/mol. The Morgan fingerprint density at radius 2 is 0.708 bits per heavy atom. The molecule has 6 nitrogen and oxygen atoms in total. The van der Waals surface area contributed by atoms with Crippen molar-refractivity contribution in [1.82, 2.24) is 0 Å². The number of hydrogen-bond donors (Lipinski definition) is 2. The van der Waals surface area contributed by atoms with Crippen molar-refractivity contribution >= 4 is 21.5 Å². The minimum atomic E-state index is 0.0136. The van der Waals surface area contributed by atoms with Crippen LogP contribution in [0.1, 0.15) is 0 Å². The van der Waals surface area contributed by atoms with Crippen molar-refractivity contribution in [3.05, 3.63) is 24.3 Å². The smallest absolute Gasteiger partial charge is 0.161 e. The first-order valence-corrected chi connectivity index (χ1v) is 7.21. The Bertz CT molecular complexity index is 783. The van der Waals surface area contributed by atoms with Gasteiger partial charge < -0.3 is 29.2 Å². The number of phenols is 2. The van der Waals surface area contributed by atoms with E-state index in [0.29, 0.717) is 44.5 Å². The number of ether oxygens (including phenoxy) is 4. The highest BCUT2D eigenvalue weighted by Crippen LogP contribution is 2.48. The molecule has 126 valence electrons. The summed E-state index contributed by atoms with van der Waals surface area (Å²) in [6, 6.07) is 6.50. The fraction of sp³-hybridized carbons (Fsp3) is 0.222. The molecule has 0 bridgehead atoms. The molecule has 0 aromatic heterocycles. The maximum atomic E-state index is 10.7. The number of aromatic hydroxyl groups is 2. The topological polar surface area (TPSA) is 77.4 Å². The van der Waals surface area contributed by atoms with E-state index in [-0.39, 0.29) is 11.5 Å². The van der Waals surface area contributed by atoms with Crippen molar-refractivity contribution in [2.45, 2.75) is 0 Å². The van der Waals surface area contributed by atoms with Crippen LogP contribution < -0.4 is 18.9 Å². The molecule has 0 fully saturated rings. The number of fused-ring (bicyclic) bond motifs is 2. The molecule has 3 aromatic rings. The van der Waals surface area contributed by atoms with Gasteiger partial charge >= 0.3 is 0 Å². The number of hydrogen-bond acceptors (Lipinski definition) is 6. The SMILES string of the molecule is COc1cc2c(O)c3cc(OC)c(OC)cc3c(O)c2cc1OC. The van der Waals surface area contributed by atoms with Crippen LogP contribution in [0.4, 0.5) is 0 Å². The number of methoxy groups -OCH3 is 4. The molecule has 0 radical (unpaired) electrons. The van der Waals surface area contributed by atoms with E-state index in [1.165, 1.54) is 28.4 Å². The Morgan fingerprint density at radius 1 is 0.500 bits per heavy atom. The van der Waals surface area contributed by atoms with Crippen LogP contribution in [-0.2, 0) is 0 Å². The van der Waals surface area contributed by atoms with Gasteiger partial charge in [0.15, 0.2) is 23.0 Å². The monoisotopic (exact) mass is 330 g/mol. The first kappa shape index (κ1) is 15.9. The molecule has 0 saturated carbocycles. The fourth-order valence-corrected chi connectivity index (χ4v) is 2.83. The number of phenolic OH excluding ortho intramolecular Hbond substituents is 2. The van der Waals surface area contributed by atoms with Crippen LogP contribution in [0.2, 0.25) is 0 Å². The molecule has 0 heterocycles. The van der Waals surface area contributed by atoms with Crippen LogP contribution in [0.15, 0.2) is 24.3 Å². The summed E-state index contributed by atoms with van der Waals surface area (Å²) >= 11 is 0. The molecule has 0 atom stereocenters. The summed E-state index contributed by atoms with van der Waals surface area (Å²) < 4.78 is 21.1. The minimum Gasteiger partial charge on any atom is -0.507 e. The van der Waals surface area contributed by atoms with Gasteiger partial charge in [0.05, 0.1) is 28.4 Å². The second kappa shape index (κ2) is 5.88. The molecular weight excluding hydrogens is 312 g/mol. The third kappa shape index (κ3) is 2.19. The highest BCUT2D eigenvalue weighted by atomic mass is 16.5. The molecule has 0 spiro atoms. The van der Waals surface area contributed by atoms with Gasteiger partial charge in [0.1, 0.15) is 11.5 Å². The van der Waals surface area contributed by atoms with Gasteiger partial charge in [0, 0.05) is 21.5 Å². The molecule has 0 amide bonds. The quantitative estimate of drug-likeness (QED) is 0.564. The maximum absolute atomic E-state index is 10.7. The van der Waals surface area contributed by atoms with E-state index in [1.54, 1.807) is 24.3 Å². The molecule has 0 aliphatic rings. The van der Waals surface area contributed by atoms with Crippen LogP contribution in [0.25, 0.3) is 21.5 Å². The average Bonchev–Trinajstić information content (AvgIpc) is 2.63. The number of benzene rings is 3. The fourth-order valence-electron chi connectivity index (χ4n) is 2.83. The van der Waals surface area contributed by atoms with E-state index in [0.717, 1.165) is 0 Å². The molecule has 3 rings (SSSR count). The molecular formula is C18H18O6. The van der Waals surface area contributed by atoms with Gasteiger partial charge in [0.25, 0.3) is 0 Å². The second-order valence-electron chi connectivity index (χ2n) is 5.20. The third-order valence-electron chi connectivity index (χ3n) is 4.07. The van der Waals surface area contributed by atoms with Crippen LogP contribution in [-0.4, -0.2) is 38.7 Å². The maximum Gasteiger partial charge on any atom is 0.161 e. The summed E-state index contributed by atoms with van der Waals surface area (Å²) in [6.07, 6.45) is 0. The van der Waals surface area contributed by atoms with Crippen molar-refractivity contribution in [3.63, 3.8) is 0 Å². The van der Waals surface area contributed by atoms with E-state index in [1.807, 2.05) is 0 Å². The van der Waals surface area contributed by atoms with Gasteiger partial charge in [-0.1, -0.05) is 0 Å². The lowest BCUT2D eigenvalue weighted by Gasteiger charge is -2.15. The van der Waals surface area contributed by atoms with Gasteiger partial charge in [-0.15, -0.1) is 0 Å². The summed E-state index contributed by atoms with van der Waals surface area (Å²) in [4.78, 5) is 0. The molecule has 2 N–H and O–H groups in total. The normalized spacial score (nSPS) is 10.8. The Morgan fingerprint density at radius 3 is 0.875 bits per heavy atom. The van der Waals surface area contributed by atoms with E-state index in [4.69, 9.17) is 18.9 Å². The molecule has 6 heteroatoms. The van der Waals surface area contributed by atoms with Crippen LogP contribution in [0, 0.1) is 0 Å². The molecule has 0 saturated heterocycles. The van der Waals surface area contributed by atoms with Crippen molar-refractivity contribution in [3.8, 4) is 34.5 Å². The molecule has 0 unspecified atom stereocenters. The predicted molar refractivity (Wildman–Crippen MR) is 91.0 cm³/mol. The lowest BCUT2D eigenvalue weighted by atomic mass is 9.99. The van der Waals surface area contributed by atoms with Gasteiger partial charge in [-0.3, -0.25) is 0 Å². The van der Waals surface area contributed by atoms with Crippen molar-refractivity contribution in [2.75, 3.05) is 28.4 Å². The van der Waals surface area contributed by atoms with E-state index in [9.17, 15) is 10.2 Å². The second-order valence-corrected chi connectivity index (χ2v) is 5.20. The highest BCUT2D eigenvalue weighted by Gasteiger charge is 2.19. The van der Waals surface area contributed by atoms with Crippen LogP contribution in [0.5, 0.6) is 34.5 Å². The Hall–Kier alpha value is -3.02. The zero-order valence-corrected chi connectivity index (χ0v) is 13.8. The van der Waals surface area contributed by atoms with Gasteiger partial charge in [-0.25, -0.2) is 0 Å². The first-order chi connectivity index (χ1) is 11.5. The Labute approximate surface area is 138 Å². The molecule has 3 aromatic carbocycles. The zero-order chi connectivity index (χ0) is 17.4. The number of rotatable bonds is 4. The van der Waals surface area contributed by atoms with Gasteiger partial charge in [0.2, 0.25) is 0 Å². The molecule has 0 aliphatic carbocycles. The van der Waals surface area contributed by atoms with E-state index >= 15 is 0 Å². The Balaban J connectivity index is 2.48. The van der Waals surface area contributed by atoms with Gasteiger partial charge in [-0.05, 0) is 24.3 Å². The van der Waals surface area contributed by atoms with E-state index < -0.39 is 0 Å². The first-order valence-electron chi connectivity index (χ1n) is 7.21. The summed E-state index contributed by atoms with van der Waals surface area (Å²) in [5, 5.41) is 23.2. The summed E-state index contributed by atoms with van der Waals surface area (Å²) in [6.45, 7) is 0. The standard InChI is InChI=1S/C18H18O6/c1-21-13-5-9-10(6-14(13)22-2)18(20)12-8-16(24-4)15(23-3)7-11(12)17(9)19/h5-8,19-20H,1-4H3. The lowest BCUT2D eigenvalue weighted by Crippen LogP contribution is -1.93. The summed E-state index contributed by atoms with van der Waals surface area (Å²) in [7, 11) is 6.04. The third-order valence-corrected chi connectivity index (χ3v) is 4.07. The van der Waals surface area contributed by atoms with Crippen molar-refractivity contribution < 1.29 is 29.2 Å². The molecule has 24 heavy (non-hydrogen) atoms. The zero-order valence-electron chi connectivity index (χ0n) is 13.8. The minimum absolute atomic E-state index is 0.0136.